The monoisotopic (exact) mass is 291 g/mol. The van der Waals surface area contributed by atoms with Crippen molar-refractivity contribution in [2.75, 3.05) is 17.3 Å². The number of benzene rings is 1. The Labute approximate surface area is 118 Å². The van der Waals surface area contributed by atoms with Crippen molar-refractivity contribution in [2.45, 2.75) is 18.4 Å². The van der Waals surface area contributed by atoms with Gasteiger partial charge in [-0.1, -0.05) is 12.1 Å². The first kappa shape index (κ1) is 14.3. The van der Waals surface area contributed by atoms with Gasteiger partial charge in [0, 0.05) is 11.9 Å². The van der Waals surface area contributed by atoms with Crippen LogP contribution in [0.4, 0.5) is 11.4 Å². The summed E-state index contributed by atoms with van der Waals surface area (Å²) in [5, 5.41) is 3.12. The molecule has 1 heterocycles. The second-order valence-electron chi connectivity index (χ2n) is 4.61. The van der Waals surface area contributed by atoms with Crippen LogP contribution in [0.25, 0.3) is 0 Å². The molecule has 0 aliphatic rings. The van der Waals surface area contributed by atoms with Crippen molar-refractivity contribution in [3.05, 3.63) is 47.8 Å². The minimum atomic E-state index is -3.33. The average molecular weight is 291 g/mol. The molecule has 2 rings (SSSR count). The van der Waals surface area contributed by atoms with Gasteiger partial charge in [0.15, 0.2) is 9.84 Å². The van der Waals surface area contributed by atoms with Gasteiger partial charge in [0.1, 0.15) is 0 Å². The fourth-order valence-corrected chi connectivity index (χ4v) is 2.74. The third kappa shape index (κ3) is 3.27. The van der Waals surface area contributed by atoms with Crippen molar-refractivity contribution < 1.29 is 8.42 Å². The minimum Gasteiger partial charge on any atom is -0.396 e. The molecule has 5 nitrogen and oxygen atoms in total. The molecule has 2 aromatic rings. The summed E-state index contributed by atoms with van der Waals surface area (Å²) in [5.41, 5.74) is 8.54. The summed E-state index contributed by atoms with van der Waals surface area (Å²) in [7, 11) is -3.33. The highest BCUT2D eigenvalue weighted by Crippen LogP contribution is 2.26. The molecule has 1 aromatic heterocycles. The van der Waals surface area contributed by atoms with E-state index in [4.69, 9.17) is 5.73 Å². The van der Waals surface area contributed by atoms with E-state index in [2.05, 4.69) is 10.3 Å². The summed E-state index contributed by atoms with van der Waals surface area (Å²) < 4.78 is 23.2. The van der Waals surface area contributed by atoms with Gasteiger partial charge < -0.3 is 11.1 Å². The van der Waals surface area contributed by atoms with Crippen molar-refractivity contribution >= 4 is 21.2 Å². The van der Waals surface area contributed by atoms with Gasteiger partial charge in [-0.15, -0.1) is 0 Å². The molecular formula is C14H17N3O2S. The van der Waals surface area contributed by atoms with Crippen LogP contribution in [-0.4, -0.2) is 19.7 Å². The van der Waals surface area contributed by atoms with E-state index in [1.807, 2.05) is 25.1 Å². The van der Waals surface area contributed by atoms with Crippen LogP contribution in [-0.2, 0) is 16.4 Å². The summed E-state index contributed by atoms with van der Waals surface area (Å²) in [6.45, 7) is 2.40. The normalized spacial score (nSPS) is 11.3. The van der Waals surface area contributed by atoms with Gasteiger partial charge in [0.2, 0.25) is 0 Å². The highest BCUT2D eigenvalue weighted by molar-refractivity contribution is 7.90. The SMILES string of the molecule is Cc1cccc(CNc2cccc(S(C)(=O)=O)c2N)n1. The molecule has 1 aromatic carbocycles. The summed E-state index contributed by atoms with van der Waals surface area (Å²) >= 11 is 0. The number of nitrogen functional groups attached to an aromatic ring is 1. The van der Waals surface area contributed by atoms with Crippen LogP contribution in [0, 0.1) is 6.92 Å². The fraction of sp³-hybridized carbons (Fsp3) is 0.214. The quantitative estimate of drug-likeness (QED) is 0.841. The Balaban J connectivity index is 2.23. The zero-order chi connectivity index (χ0) is 14.8. The zero-order valence-electron chi connectivity index (χ0n) is 11.4. The van der Waals surface area contributed by atoms with Crippen molar-refractivity contribution in [1.82, 2.24) is 4.98 Å². The second-order valence-corrected chi connectivity index (χ2v) is 6.60. The molecule has 0 spiro atoms. The van der Waals surface area contributed by atoms with E-state index >= 15 is 0 Å². The number of hydrogen-bond acceptors (Lipinski definition) is 5. The van der Waals surface area contributed by atoms with E-state index in [1.54, 1.807) is 12.1 Å². The number of aryl methyl sites for hydroxylation is 1. The first-order valence-corrected chi connectivity index (χ1v) is 8.02. The van der Waals surface area contributed by atoms with E-state index in [9.17, 15) is 8.42 Å². The predicted octanol–water partition coefficient (Wildman–Crippen LogP) is 1.99. The number of sulfone groups is 1. The molecule has 0 atom stereocenters. The summed E-state index contributed by atoms with van der Waals surface area (Å²) in [4.78, 5) is 4.51. The van der Waals surface area contributed by atoms with Gasteiger partial charge in [-0.2, -0.15) is 0 Å². The maximum Gasteiger partial charge on any atom is 0.177 e. The van der Waals surface area contributed by atoms with Crippen LogP contribution in [0.1, 0.15) is 11.4 Å². The maximum absolute atomic E-state index is 11.6. The molecule has 0 fully saturated rings. The number of para-hydroxylation sites is 1. The highest BCUT2D eigenvalue weighted by atomic mass is 32.2. The molecule has 0 bridgehead atoms. The van der Waals surface area contributed by atoms with Gasteiger partial charge in [-0.25, -0.2) is 8.42 Å². The van der Waals surface area contributed by atoms with E-state index in [1.165, 1.54) is 6.07 Å². The standard InChI is InChI=1S/C14H17N3O2S/c1-10-5-3-6-11(17-10)9-16-12-7-4-8-13(14(12)15)20(2,18)19/h3-8,16H,9,15H2,1-2H3. The van der Waals surface area contributed by atoms with Crippen LogP contribution in [0.3, 0.4) is 0 Å². The Bertz CT molecular complexity index is 727. The Morgan fingerprint density at radius 2 is 1.90 bits per heavy atom. The lowest BCUT2D eigenvalue weighted by Gasteiger charge is -2.12. The highest BCUT2D eigenvalue weighted by Gasteiger charge is 2.13. The molecule has 106 valence electrons. The fourth-order valence-electron chi connectivity index (χ4n) is 1.91. The van der Waals surface area contributed by atoms with Crippen LogP contribution in [0.2, 0.25) is 0 Å². The van der Waals surface area contributed by atoms with Gasteiger partial charge in [-0.3, -0.25) is 4.98 Å². The minimum absolute atomic E-state index is 0.139. The largest absolute Gasteiger partial charge is 0.396 e. The van der Waals surface area contributed by atoms with Gasteiger partial charge >= 0.3 is 0 Å². The van der Waals surface area contributed by atoms with Gasteiger partial charge in [0.05, 0.1) is 28.5 Å². The Hall–Kier alpha value is -2.08. The number of hydrogen-bond donors (Lipinski definition) is 2. The molecule has 6 heteroatoms. The van der Waals surface area contributed by atoms with Crippen molar-refractivity contribution in [1.29, 1.82) is 0 Å². The van der Waals surface area contributed by atoms with Gasteiger partial charge in [-0.05, 0) is 31.2 Å². The van der Waals surface area contributed by atoms with E-state index < -0.39 is 9.84 Å². The first-order chi connectivity index (χ1) is 9.38. The molecular weight excluding hydrogens is 274 g/mol. The number of aromatic nitrogens is 1. The number of nitrogens with zero attached hydrogens (tertiary/aromatic N) is 1. The van der Waals surface area contributed by atoms with Crippen molar-refractivity contribution in [2.24, 2.45) is 0 Å². The Kier molecular flexibility index (Phi) is 3.94. The summed E-state index contributed by atoms with van der Waals surface area (Å²) in [6.07, 6.45) is 1.14. The van der Waals surface area contributed by atoms with Crippen LogP contribution < -0.4 is 11.1 Å². The van der Waals surface area contributed by atoms with Crippen LogP contribution >= 0.6 is 0 Å². The van der Waals surface area contributed by atoms with Crippen LogP contribution in [0.15, 0.2) is 41.3 Å². The summed E-state index contributed by atoms with van der Waals surface area (Å²) in [5.74, 6) is 0. The number of pyridine rings is 1. The molecule has 3 N–H and O–H groups in total. The Morgan fingerprint density at radius 3 is 2.55 bits per heavy atom. The molecule has 0 amide bonds. The molecule has 0 saturated heterocycles. The summed E-state index contributed by atoms with van der Waals surface area (Å²) in [6, 6.07) is 10.7. The number of anilines is 2. The lowest BCUT2D eigenvalue weighted by molar-refractivity contribution is 0.602. The molecule has 0 aliphatic carbocycles. The Morgan fingerprint density at radius 1 is 1.20 bits per heavy atom. The van der Waals surface area contributed by atoms with E-state index in [0.717, 1.165) is 17.6 Å². The lowest BCUT2D eigenvalue weighted by atomic mass is 10.2. The van der Waals surface area contributed by atoms with E-state index in [-0.39, 0.29) is 10.6 Å². The molecule has 0 saturated carbocycles. The first-order valence-electron chi connectivity index (χ1n) is 6.13. The third-order valence-corrected chi connectivity index (χ3v) is 4.03. The number of nitrogens with one attached hydrogen (secondary N) is 1. The van der Waals surface area contributed by atoms with Gasteiger partial charge in [0.25, 0.3) is 0 Å². The second kappa shape index (κ2) is 5.50. The molecule has 0 aliphatic heterocycles. The van der Waals surface area contributed by atoms with Crippen molar-refractivity contribution in [3.63, 3.8) is 0 Å². The number of rotatable bonds is 4. The van der Waals surface area contributed by atoms with E-state index in [0.29, 0.717) is 12.2 Å². The molecule has 0 radical (unpaired) electrons. The predicted molar refractivity (Wildman–Crippen MR) is 80.3 cm³/mol. The molecule has 0 unspecified atom stereocenters. The van der Waals surface area contributed by atoms with Crippen molar-refractivity contribution in [3.8, 4) is 0 Å². The number of nitrogens with two attached hydrogens (primary N) is 1. The maximum atomic E-state index is 11.6. The van der Waals surface area contributed by atoms with Crippen LogP contribution in [0.5, 0.6) is 0 Å². The smallest absolute Gasteiger partial charge is 0.177 e. The average Bonchev–Trinajstić information content (AvgIpc) is 2.36. The molecule has 20 heavy (non-hydrogen) atoms. The lowest BCUT2D eigenvalue weighted by Crippen LogP contribution is -2.08. The zero-order valence-corrected chi connectivity index (χ0v) is 12.2. The third-order valence-electron chi connectivity index (χ3n) is 2.87. The topological polar surface area (TPSA) is 85.1 Å².